The molecular formula is C23H38O6. The maximum atomic E-state index is 11.4. The molecule has 0 spiro atoms. The largest absolute Gasteiger partial charge is 0.495 e. The van der Waals surface area contributed by atoms with Crippen LogP contribution in [0.2, 0.25) is 0 Å². The lowest BCUT2D eigenvalue weighted by Gasteiger charge is -2.26. The van der Waals surface area contributed by atoms with E-state index < -0.39 is 29.7 Å². The number of rotatable bonds is 10. The van der Waals surface area contributed by atoms with E-state index in [0.717, 1.165) is 31.4 Å². The third kappa shape index (κ3) is 6.83. The van der Waals surface area contributed by atoms with Crippen molar-refractivity contribution in [3.8, 4) is 0 Å². The summed E-state index contributed by atoms with van der Waals surface area (Å²) in [6, 6.07) is 0. The highest BCUT2D eigenvalue weighted by Crippen LogP contribution is 2.45. The van der Waals surface area contributed by atoms with Gasteiger partial charge in [-0.2, -0.15) is 0 Å². The number of aliphatic hydroxyl groups is 2. The second-order valence-corrected chi connectivity index (χ2v) is 9.44. The summed E-state index contributed by atoms with van der Waals surface area (Å²) in [6.07, 6.45) is 8.99. The lowest BCUT2D eigenvalue weighted by atomic mass is 9.89. The third-order valence-corrected chi connectivity index (χ3v) is 5.87. The number of unbranched alkanes of at least 4 members (excludes halogenated alkanes) is 2. The van der Waals surface area contributed by atoms with Gasteiger partial charge in [-0.05, 0) is 17.9 Å². The van der Waals surface area contributed by atoms with Gasteiger partial charge < -0.3 is 24.8 Å². The normalized spacial score (nSPS) is 30.5. The van der Waals surface area contributed by atoms with Crippen LogP contribution in [0.1, 0.15) is 66.2 Å². The van der Waals surface area contributed by atoms with Gasteiger partial charge in [-0.25, -0.2) is 4.79 Å². The molecule has 2 fully saturated rings. The number of aliphatic carboxylic acids is 1. The molecule has 6 nitrogen and oxygen atoms in total. The molecule has 3 N–H and O–H groups in total. The molecule has 1 heterocycles. The smallest absolute Gasteiger partial charge is 0.333 e. The molecule has 0 aromatic rings. The zero-order chi connectivity index (χ0) is 21.6. The van der Waals surface area contributed by atoms with Crippen LogP contribution in [0.3, 0.4) is 0 Å². The Balaban J connectivity index is 1.89. The molecule has 0 radical (unpaired) electrons. The molecule has 6 heteroatoms. The van der Waals surface area contributed by atoms with Gasteiger partial charge in [0.15, 0.2) is 6.10 Å². The fourth-order valence-corrected chi connectivity index (χ4v) is 4.27. The topological polar surface area (TPSA) is 96.2 Å². The minimum atomic E-state index is -0.967. The number of carboxylic acids is 1. The van der Waals surface area contributed by atoms with Crippen LogP contribution in [0.4, 0.5) is 0 Å². The van der Waals surface area contributed by atoms with Crippen molar-refractivity contribution < 1.29 is 29.6 Å². The Morgan fingerprint density at radius 2 is 2.07 bits per heavy atom. The predicted octanol–water partition coefficient (Wildman–Crippen LogP) is 3.67. The van der Waals surface area contributed by atoms with Crippen LogP contribution in [-0.4, -0.2) is 52.3 Å². The van der Waals surface area contributed by atoms with Crippen LogP contribution in [0.5, 0.6) is 0 Å². The Kier molecular flexibility index (Phi) is 8.73. The number of hydrogen-bond acceptors (Lipinski definition) is 5. The van der Waals surface area contributed by atoms with Crippen molar-refractivity contribution in [3.63, 3.8) is 0 Å². The van der Waals surface area contributed by atoms with Gasteiger partial charge in [0.1, 0.15) is 6.10 Å². The second kappa shape index (κ2) is 10.6. The lowest BCUT2D eigenvalue weighted by molar-refractivity contribution is -0.156. The fraction of sp³-hybridized carbons (Fsp3) is 0.783. The van der Waals surface area contributed by atoms with Crippen LogP contribution in [-0.2, 0) is 14.3 Å². The molecule has 1 aliphatic carbocycles. The quantitative estimate of drug-likeness (QED) is 0.376. The molecule has 0 bridgehead atoms. The van der Waals surface area contributed by atoms with Crippen LogP contribution in [0.15, 0.2) is 24.0 Å². The number of fused-ring (bicyclic) bond motifs is 1. The molecule has 0 aromatic heterocycles. The van der Waals surface area contributed by atoms with Crippen molar-refractivity contribution in [1.82, 2.24) is 0 Å². The van der Waals surface area contributed by atoms with E-state index in [1.807, 2.05) is 39.0 Å². The SMILES string of the molecule is CCCCC[C@H](O)/C=C/[C@@H]1[C@@H]2C/C(=C/COC(C(=O)O)C(C)(C)C)O[C@H]2C[C@H]1O. The summed E-state index contributed by atoms with van der Waals surface area (Å²) < 4.78 is 11.6. The van der Waals surface area contributed by atoms with Crippen molar-refractivity contribution >= 4 is 5.97 Å². The van der Waals surface area contributed by atoms with Gasteiger partial charge in [0.25, 0.3) is 0 Å². The van der Waals surface area contributed by atoms with Crippen molar-refractivity contribution in [3.05, 3.63) is 24.0 Å². The standard InChI is InChI=1S/C23H38O6/c1-5-6-7-8-15(24)9-10-17-18-13-16(29-20(18)14-19(17)25)11-12-28-21(22(26)27)23(2,3)4/h9-11,15,17-21,24-25H,5-8,12-14H2,1-4H3,(H,26,27)/b10-9+,16-11-/t15-,17+,18-,19+,20-,21?/m0/s1. The first-order chi connectivity index (χ1) is 13.6. The van der Waals surface area contributed by atoms with Gasteiger partial charge >= 0.3 is 5.97 Å². The number of aliphatic hydroxyl groups excluding tert-OH is 2. The first kappa shape index (κ1) is 23.9. The predicted molar refractivity (Wildman–Crippen MR) is 111 cm³/mol. The van der Waals surface area contributed by atoms with E-state index >= 15 is 0 Å². The molecule has 29 heavy (non-hydrogen) atoms. The van der Waals surface area contributed by atoms with E-state index in [1.54, 1.807) is 0 Å². The van der Waals surface area contributed by atoms with Crippen LogP contribution in [0.25, 0.3) is 0 Å². The number of hydrogen-bond donors (Lipinski definition) is 3. The Bertz CT molecular complexity index is 591. The summed E-state index contributed by atoms with van der Waals surface area (Å²) in [5.41, 5.74) is -0.491. The van der Waals surface area contributed by atoms with E-state index in [2.05, 4.69) is 6.92 Å². The summed E-state index contributed by atoms with van der Waals surface area (Å²) in [4.78, 5) is 11.4. The maximum absolute atomic E-state index is 11.4. The Morgan fingerprint density at radius 3 is 2.69 bits per heavy atom. The zero-order valence-corrected chi connectivity index (χ0v) is 18.2. The average Bonchev–Trinajstić information content (AvgIpc) is 3.12. The molecule has 1 unspecified atom stereocenters. The van der Waals surface area contributed by atoms with Gasteiger partial charge in [-0.1, -0.05) is 59.1 Å². The lowest BCUT2D eigenvalue weighted by Crippen LogP contribution is -2.37. The van der Waals surface area contributed by atoms with E-state index in [-0.39, 0.29) is 24.5 Å². The Morgan fingerprint density at radius 1 is 1.34 bits per heavy atom. The number of carboxylic acid groups (broad SMARTS) is 1. The van der Waals surface area contributed by atoms with Crippen LogP contribution in [0, 0.1) is 17.3 Å². The van der Waals surface area contributed by atoms with Gasteiger partial charge in [0.2, 0.25) is 0 Å². The molecule has 166 valence electrons. The van der Waals surface area contributed by atoms with E-state index in [0.29, 0.717) is 12.8 Å². The average molecular weight is 411 g/mol. The highest BCUT2D eigenvalue weighted by molar-refractivity contribution is 5.73. The van der Waals surface area contributed by atoms with Crippen LogP contribution < -0.4 is 0 Å². The number of allylic oxidation sites excluding steroid dienone is 1. The third-order valence-electron chi connectivity index (χ3n) is 5.87. The second-order valence-electron chi connectivity index (χ2n) is 9.44. The fourth-order valence-electron chi connectivity index (χ4n) is 4.27. The summed E-state index contributed by atoms with van der Waals surface area (Å²) in [6.45, 7) is 7.83. The molecule has 1 aliphatic heterocycles. The first-order valence-electron chi connectivity index (χ1n) is 10.9. The van der Waals surface area contributed by atoms with E-state index in [4.69, 9.17) is 9.47 Å². The first-order valence-corrected chi connectivity index (χ1v) is 10.9. The van der Waals surface area contributed by atoms with Crippen molar-refractivity contribution in [2.24, 2.45) is 17.3 Å². The van der Waals surface area contributed by atoms with Crippen molar-refractivity contribution in [2.45, 2.75) is 90.6 Å². The van der Waals surface area contributed by atoms with Gasteiger partial charge in [0, 0.05) is 24.7 Å². The van der Waals surface area contributed by atoms with Gasteiger partial charge in [0.05, 0.1) is 24.6 Å². The van der Waals surface area contributed by atoms with E-state index in [1.165, 1.54) is 0 Å². The molecule has 2 rings (SSSR count). The summed E-state index contributed by atoms with van der Waals surface area (Å²) in [7, 11) is 0. The Hall–Kier alpha value is -1.37. The van der Waals surface area contributed by atoms with E-state index in [9.17, 15) is 20.1 Å². The molecule has 0 aromatic carbocycles. The molecule has 2 aliphatic rings. The molecule has 1 saturated heterocycles. The maximum Gasteiger partial charge on any atom is 0.333 e. The van der Waals surface area contributed by atoms with Gasteiger partial charge in [-0.3, -0.25) is 0 Å². The molecule has 6 atom stereocenters. The summed E-state index contributed by atoms with van der Waals surface area (Å²) in [5.74, 6) is -0.0278. The molecular weight excluding hydrogens is 372 g/mol. The highest BCUT2D eigenvalue weighted by atomic mass is 16.5. The molecule has 0 amide bonds. The minimum absolute atomic E-state index is 0.0333. The molecule has 1 saturated carbocycles. The summed E-state index contributed by atoms with van der Waals surface area (Å²) in [5, 5.41) is 29.8. The summed E-state index contributed by atoms with van der Waals surface area (Å²) >= 11 is 0. The monoisotopic (exact) mass is 410 g/mol. The zero-order valence-electron chi connectivity index (χ0n) is 18.2. The Labute approximate surface area is 174 Å². The highest BCUT2D eigenvalue weighted by Gasteiger charge is 2.47. The van der Waals surface area contributed by atoms with Crippen LogP contribution >= 0.6 is 0 Å². The van der Waals surface area contributed by atoms with Crippen molar-refractivity contribution in [1.29, 1.82) is 0 Å². The number of ether oxygens (including phenoxy) is 2. The number of carbonyl (C=O) groups is 1. The van der Waals surface area contributed by atoms with Gasteiger partial charge in [-0.15, -0.1) is 0 Å². The van der Waals surface area contributed by atoms with Crippen molar-refractivity contribution in [2.75, 3.05) is 6.61 Å². The minimum Gasteiger partial charge on any atom is -0.495 e.